The van der Waals surface area contributed by atoms with Crippen LogP contribution in [0.1, 0.15) is 12.8 Å². The third kappa shape index (κ3) is 2.25. The van der Waals surface area contributed by atoms with Crippen LogP contribution in [-0.4, -0.2) is 29.3 Å². The normalized spacial score (nSPS) is 18.6. The van der Waals surface area contributed by atoms with Crippen molar-refractivity contribution in [1.29, 1.82) is 0 Å². The van der Waals surface area contributed by atoms with Crippen molar-refractivity contribution >= 4 is 21.6 Å². The first-order valence-electron chi connectivity index (χ1n) is 4.80. The zero-order valence-electron chi connectivity index (χ0n) is 7.86. The smallest absolute Gasteiger partial charge is 0.108 e. The Morgan fingerprint density at radius 1 is 1.43 bits per heavy atom. The molecule has 0 aliphatic carbocycles. The second-order valence-corrected chi connectivity index (χ2v) is 4.37. The van der Waals surface area contributed by atoms with Crippen molar-refractivity contribution in [1.82, 2.24) is 4.98 Å². The minimum atomic E-state index is -0.114. The van der Waals surface area contributed by atoms with E-state index in [2.05, 4.69) is 25.8 Å². The SMILES string of the molecule is OC1CCN(c2ccnc(Br)c2)CC1. The molecule has 0 bridgehead atoms. The summed E-state index contributed by atoms with van der Waals surface area (Å²) in [6, 6.07) is 4.01. The molecule has 3 nitrogen and oxygen atoms in total. The summed E-state index contributed by atoms with van der Waals surface area (Å²) in [5, 5.41) is 9.38. The summed E-state index contributed by atoms with van der Waals surface area (Å²) < 4.78 is 0.862. The summed E-state index contributed by atoms with van der Waals surface area (Å²) in [5.41, 5.74) is 1.18. The van der Waals surface area contributed by atoms with Gasteiger partial charge < -0.3 is 10.0 Å². The lowest BCUT2D eigenvalue weighted by molar-refractivity contribution is 0.145. The summed E-state index contributed by atoms with van der Waals surface area (Å²) in [6.45, 7) is 1.86. The molecule has 1 N–H and O–H groups in total. The van der Waals surface area contributed by atoms with Gasteiger partial charge in [0.05, 0.1) is 6.10 Å². The van der Waals surface area contributed by atoms with Crippen LogP contribution in [0.3, 0.4) is 0 Å². The lowest BCUT2D eigenvalue weighted by atomic mass is 10.1. The maximum absolute atomic E-state index is 9.38. The first-order chi connectivity index (χ1) is 6.75. The maximum atomic E-state index is 9.38. The quantitative estimate of drug-likeness (QED) is 0.779. The van der Waals surface area contributed by atoms with Gasteiger partial charge in [-0.1, -0.05) is 0 Å². The number of rotatable bonds is 1. The molecule has 0 unspecified atom stereocenters. The predicted octanol–water partition coefficient (Wildman–Crippen LogP) is 1.81. The van der Waals surface area contributed by atoms with Crippen molar-refractivity contribution in [2.75, 3.05) is 18.0 Å². The van der Waals surface area contributed by atoms with E-state index in [1.807, 2.05) is 12.1 Å². The Morgan fingerprint density at radius 3 is 2.79 bits per heavy atom. The molecule has 1 aromatic heterocycles. The molecule has 0 atom stereocenters. The van der Waals surface area contributed by atoms with E-state index in [4.69, 9.17) is 0 Å². The van der Waals surface area contributed by atoms with Gasteiger partial charge in [0.15, 0.2) is 0 Å². The van der Waals surface area contributed by atoms with Crippen molar-refractivity contribution in [3.63, 3.8) is 0 Å². The van der Waals surface area contributed by atoms with Gasteiger partial charge in [0, 0.05) is 25.0 Å². The summed E-state index contributed by atoms with van der Waals surface area (Å²) in [7, 11) is 0. The van der Waals surface area contributed by atoms with Crippen LogP contribution in [0.5, 0.6) is 0 Å². The highest BCUT2D eigenvalue weighted by Crippen LogP contribution is 2.21. The van der Waals surface area contributed by atoms with E-state index in [9.17, 15) is 5.11 Å². The molecule has 4 heteroatoms. The van der Waals surface area contributed by atoms with E-state index < -0.39 is 0 Å². The minimum Gasteiger partial charge on any atom is -0.393 e. The average molecular weight is 257 g/mol. The zero-order chi connectivity index (χ0) is 9.97. The first-order valence-corrected chi connectivity index (χ1v) is 5.59. The van der Waals surface area contributed by atoms with Crippen molar-refractivity contribution in [2.24, 2.45) is 0 Å². The highest BCUT2D eigenvalue weighted by atomic mass is 79.9. The van der Waals surface area contributed by atoms with Gasteiger partial charge in [-0.25, -0.2) is 4.98 Å². The highest BCUT2D eigenvalue weighted by molar-refractivity contribution is 9.10. The molecule has 0 radical (unpaired) electrons. The third-order valence-corrected chi connectivity index (χ3v) is 2.97. The molecule has 2 heterocycles. The highest BCUT2D eigenvalue weighted by Gasteiger charge is 2.17. The van der Waals surface area contributed by atoms with Crippen LogP contribution in [0.25, 0.3) is 0 Å². The lowest BCUT2D eigenvalue weighted by Gasteiger charge is -2.31. The molecular weight excluding hydrogens is 244 g/mol. The van der Waals surface area contributed by atoms with Crippen LogP contribution in [0.4, 0.5) is 5.69 Å². The molecule has 1 aliphatic heterocycles. The van der Waals surface area contributed by atoms with E-state index in [0.717, 1.165) is 30.5 Å². The lowest BCUT2D eigenvalue weighted by Crippen LogP contribution is -2.35. The molecule has 0 amide bonds. The van der Waals surface area contributed by atoms with Gasteiger partial charge in [0.2, 0.25) is 0 Å². The van der Waals surface area contributed by atoms with Gasteiger partial charge >= 0.3 is 0 Å². The van der Waals surface area contributed by atoms with Crippen LogP contribution >= 0.6 is 15.9 Å². The molecule has 76 valence electrons. The maximum Gasteiger partial charge on any atom is 0.108 e. The number of hydrogen-bond acceptors (Lipinski definition) is 3. The largest absolute Gasteiger partial charge is 0.393 e. The second-order valence-electron chi connectivity index (χ2n) is 3.55. The zero-order valence-corrected chi connectivity index (χ0v) is 9.44. The minimum absolute atomic E-state index is 0.114. The van der Waals surface area contributed by atoms with E-state index >= 15 is 0 Å². The van der Waals surface area contributed by atoms with Crippen LogP contribution in [0, 0.1) is 0 Å². The fraction of sp³-hybridized carbons (Fsp3) is 0.500. The molecule has 1 aromatic rings. The number of anilines is 1. The summed E-state index contributed by atoms with van der Waals surface area (Å²) in [5.74, 6) is 0. The van der Waals surface area contributed by atoms with Crippen LogP contribution in [0.2, 0.25) is 0 Å². The van der Waals surface area contributed by atoms with Crippen LogP contribution < -0.4 is 4.90 Å². The Hall–Kier alpha value is -0.610. The van der Waals surface area contributed by atoms with Gasteiger partial charge in [-0.05, 0) is 40.9 Å². The van der Waals surface area contributed by atoms with Gasteiger partial charge in [0.1, 0.15) is 4.60 Å². The number of aliphatic hydroxyl groups excluding tert-OH is 1. The summed E-state index contributed by atoms with van der Waals surface area (Å²) in [4.78, 5) is 6.37. The van der Waals surface area contributed by atoms with E-state index in [1.54, 1.807) is 6.20 Å². The van der Waals surface area contributed by atoms with Gasteiger partial charge in [-0.3, -0.25) is 0 Å². The van der Waals surface area contributed by atoms with Crippen LogP contribution in [-0.2, 0) is 0 Å². The van der Waals surface area contributed by atoms with Crippen molar-refractivity contribution in [2.45, 2.75) is 18.9 Å². The molecule has 14 heavy (non-hydrogen) atoms. The van der Waals surface area contributed by atoms with Crippen LogP contribution in [0.15, 0.2) is 22.9 Å². The first kappa shape index (κ1) is 9.93. The molecule has 1 aliphatic rings. The number of aliphatic hydroxyl groups is 1. The van der Waals surface area contributed by atoms with E-state index in [0.29, 0.717) is 0 Å². The number of hydrogen-bond donors (Lipinski definition) is 1. The molecule has 0 aromatic carbocycles. The topological polar surface area (TPSA) is 36.4 Å². The number of pyridine rings is 1. The van der Waals surface area contributed by atoms with Crippen molar-refractivity contribution < 1.29 is 5.11 Å². The Morgan fingerprint density at radius 2 is 2.14 bits per heavy atom. The van der Waals surface area contributed by atoms with E-state index in [1.165, 1.54) is 5.69 Å². The Labute approximate surface area is 91.9 Å². The molecule has 0 spiro atoms. The molecule has 0 saturated carbocycles. The molecule has 1 fully saturated rings. The fourth-order valence-electron chi connectivity index (χ4n) is 1.71. The standard InChI is InChI=1S/C10H13BrN2O/c11-10-7-8(1-4-12-10)13-5-2-9(14)3-6-13/h1,4,7,9,14H,2-3,5-6H2. The van der Waals surface area contributed by atoms with Gasteiger partial charge in [0.25, 0.3) is 0 Å². The van der Waals surface area contributed by atoms with Gasteiger partial charge in [-0.15, -0.1) is 0 Å². The molecular formula is C10H13BrN2O. The predicted molar refractivity (Wildman–Crippen MR) is 59.4 cm³/mol. The fourth-order valence-corrected chi connectivity index (χ4v) is 2.07. The third-order valence-electron chi connectivity index (χ3n) is 2.54. The number of piperidine rings is 1. The molecule has 1 saturated heterocycles. The van der Waals surface area contributed by atoms with Crippen molar-refractivity contribution in [3.8, 4) is 0 Å². The molecule has 2 rings (SSSR count). The van der Waals surface area contributed by atoms with E-state index in [-0.39, 0.29) is 6.10 Å². The number of halogens is 1. The Bertz CT molecular complexity index is 311. The summed E-state index contributed by atoms with van der Waals surface area (Å²) >= 11 is 3.35. The Kier molecular flexibility index (Phi) is 3.03. The number of nitrogens with zero attached hydrogens (tertiary/aromatic N) is 2. The Balaban J connectivity index is 2.08. The van der Waals surface area contributed by atoms with Crippen molar-refractivity contribution in [3.05, 3.63) is 22.9 Å². The summed E-state index contributed by atoms with van der Waals surface area (Å²) in [6.07, 6.45) is 3.40. The number of aromatic nitrogens is 1. The second kappa shape index (κ2) is 4.28. The monoisotopic (exact) mass is 256 g/mol. The average Bonchev–Trinajstić information content (AvgIpc) is 2.19. The van der Waals surface area contributed by atoms with Gasteiger partial charge in [-0.2, -0.15) is 0 Å².